The van der Waals surface area contributed by atoms with Crippen LogP contribution in [0.5, 0.6) is 11.5 Å². The Morgan fingerprint density at radius 3 is 2.53 bits per heavy atom. The smallest absolute Gasteiger partial charge is 0.246 e. The van der Waals surface area contributed by atoms with E-state index in [-0.39, 0.29) is 5.91 Å². The van der Waals surface area contributed by atoms with Crippen LogP contribution in [0.25, 0.3) is 17.0 Å². The highest BCUT2D eigenvalue weighted by Gasteiger charge is 2.22. The SMILES string of the molecule is COc1cc2nc(N3CCN(C(=O)/C=C/c4ccsc4)CC3)nc(N)c2cc1OC. The lowest BCUT2D eigenvalue weighted by atomic mass is 10.2. The lowest BCUT2D eigenvalue weighted by Crippen LogP contribution is -2.48. The van der Waals surface area contributed by atoms with E-state index in [9.17, 15) is 4.79 Å². The van der Waals surface area contributed by atoms with Crippen LogP contribution in [0, 0.1) is 0 Å². The van der Waals surface area contributed by atoms with Crippen LogP contribution >= 0.6 is 11.3 Å². The third-order valence-corrected chi connectivity index (χ3v) is 5.76. The molecule has 0 atom stereocenters. The predicted molar refractivity (Wildman–Crippen MR) is 119 cm³/mol. The highest BCUT2D eigenvalue weighted by atomic mass is 32.1. The fourth-order valence-corrected chi connectivity index (χ4v) is 4.01. The molecule has 8 nitrogen and oxygen atoms in total. The number of methoxy groups -OCH3 is 2. The average Bonchev–Trinajstić information content (AvgIpc) is 3.30. The topological polar surface area (TPSA) is 93.8 Å². The van der Waals surface area contributed by atoms with E-state index in [1.165, 1.54) is 0 Å². The fourth-order valence-electron chi connectivity index (χ4n) is 3.38. The van der Waals surface area contributed by atoms with Crippen LogP contribution in [-0.4, -0.2) is 61.2 Å². The number of hydrogen-bond acceptors (Lipinski definition) is 8. The number of nitrogen functional groups attached to an aromatic ring is 1. The maximum atomic E-state index is 12.4. The molecule has 2 aromatic heterocycles. The number of amides is 1. The van der Waals surface area contributed by atoms with E-state index in [1.54, 1.807) is 43.8 Å². The van der Waals surface area contributed by atoms with Crippen LogP contribution in [0.1, 0.15) is 5.56 Å². The van der Waals surface area contributed by atoms with Crippen LogP contribution < -0.4 is 20.1 Å². The number of hydrogen-bond donors (Lipinski definition) is 1. The van der Waals surface area contributed by atoms with Crippen molar-refractivity contribution in [2.45, 2.75) is 0 Å². The van der Waals surface area contributed by atoms with Gasteiger partial charge < -0.3 is 25.0 Å². The zero-order valence-electron chi connectivity index (χ0n) is 16.9. The number of thiophene rings is 1. The number of ether oxygens (including phenoxy) is 2. The third kappa shape index (κ3) is 4.02. The Kier molecular flexibility index (Phi) is 5.71. The van der Waals surface area contributed by atoms with Crippen LogP contribution in [0.4, 0.5) is 11.8 Å². The molecule has 1 aliphatic heterocycles. The molecular formula is C21H23N5O3S. The second kappa shape index (κ2) is 8.58. The highest BCUT2D eigenvalue weighted by Crippen LogP contribution is 2.34. The van der Waals surface area contributed by atoms with Crippen molar-refractivity contribution in [2.75, 3.05) is 51.0 Å². The third-order valence-electron chi connectivity index (χ3n) is 5.05. The van der Waals surface area contributed by atoms with Gasteiger partial charge >= 0.3 is 0 Å². The number of anilines is 2. The van der Waals surface area contributed by atoms with E-state index in [4.69, 9.17) is 15.2 Å². The number of piperazine rings is 1. The fraction of sp³-hybridized carbons (Fsp3) is 0.286. The van der Waals surface area contributed by atoms with Gasteiger partial charge in [-0.15, -0.1) is 0 Å². The summed E-state index contributed by atoms with van der Waals surface area (Å²) in [5.41, 5.74) is 7.92. The number of fused-ring (bicyclic) bond motifs is 1. The molecule has 3 aromatic rings. The van der Waals surface area contributed by atoms with E-state index in [0.717, 1.165) is 5.56 Å². The monoisotopic (exact) mass is 425 g/mol. The van der Waals surface area contributed by atoms with Gasteiger partial charge in [-0.3, -0.25) is 4.79 Å². The van der Waals surface area contributed by atoms with Crippen molar-refractivity contribution >= 4 is 46.0 Å². The average molecular weight is 426 g/mol. The molecule has 4 rings (SSSR count). The maximum absolute atomic E-state index is 12.4. The second-order valence-electron chi connectivity index (χ2n) is 6.84. The Hall–Kier alpha value is -3.33. The van der Waals surface area contributed by atoms with Crippen molar-refractivity contribution in [3.8, 4) is 11.5 Å². The molecule has 1 amide bonds. The van der Waals surface area contributed by atoms with Gasteiger partial charge in [-0.25, -0.2) is 4.98 Å². The van der Waals surface area contributed by atoms with Gasteiger partial charge in [0, 0.05) is 43.7 Å². The van der Waals surface area contributed by atoms with Crippen molar-refractivity contribution < 1.29 is 14.3 Å². The number of nitrogens with zero attached hydrogens (tertiary/aromatic N) is 4. The molecule has 0 aliphatic carbocycles. The summed E-state index contributed by atoms with van der Waals surface area (Å²) in [5, 5.41) is 4.71. The van der Waals surface area contributed by atoms with Crippen molar-refractivity contribution in [1.29, 1.82) is 0 Å². The Bertz CT molecular complexity index is 1080. The molecule has 30 heavy (non-hydrogen) atoms. The first kappa shape index (κ1) is 20.0. The van der Waals surface area contributed by atoms with Gasteiger partial charge in [0.25, 0.3) is 0 Å². The minimum atomic E-state index is 0.0108. The first-order chi connectivity index (χ1) is 14.6. The normalized spacial score (nSPS) is 14.5. The summed E-state index contributed by atoms with van der Waals surface area (Å²) >= 11 is 1.61. The molecule has 0 saturated carbocycles. The lowest BCUT2D eigenvalue weighted by molar-refractivity contribution is -0.126. The molecule has 1 aromatic carbocycles. The van der Waals surface area contributed by atoms with Gasteiger partial charge in [-0.2, -0.15) is 16.3 Å². The van der Waals surface area contributed by atoms with Gasteiger partial charge in [-0.1, -0.05) is 0 Å². The van der Waals surface area contributed by atoms with Crippen LogP contribution in [0.3, 0.4) is 0 Å². The lowest BCUT2D eigenvalue weighted by Gasteiger charge is -2.34. The molecule has 1 aliphatic rings. The van der Waals surface area contributed by atoms with Crippen LogP contribution in [-0.2, 0) is 4.79 Å². The van der Waals surface area contributed by atoms with Crippen LogP contribution in [0.2, 0.25) is 0 Å². The van der Waals surface area contributed by atoms with Gasteiger partial charge in [0.05, 0.1) is 19.7 Å². The van der Waals surface area contributed by atoms with E-state index in [0.29, 0.717) is 60.3 Å². The predicted octanol–water partition coefficient (Wildman–Crippen LogP) is 2.65. The van der Waals surface area contributed by atoms with Crippen molar-refractivity contribution in [3.05, 3.63) is 40.6 Å². The number of benzene rings is 1. The maximum Gasteiger partial charge on any atom is 0.246 e. The number of nitrogens with two attached hydrogens (primary N) is 1. The highest BCUT2D eigenvalue weighted by molar-refractivity contribution is 7.08. The Morgan fingerprint density at radius 1 is 1.13 bits per heavy atom. The molecule has 1 saturated heterocycles. The number of aromatic nitrogens is 2. The standard InChI is InChI=1S/C21H23N5O3S/c1-28-17-11-15-16(12-18(17)29-2)23-21(24-20(15)22)26-8-6-25(7-9-26)19(27)4-3-14-5-10-30-13-14/h3-5,10-13H,6-9H2,1-2H3,(H2,22,23,24)/b4-3+. The summed E-state index contributed by atoms with van der Waals surface area (Å²) in [5.74, 6) is 2.11. The molecule has 0 spiro atoms. The number of rotatable bonds is 5. The first-order valence-electron chi connectivity index (χ1n) is 9.52. The Labute approximate surface area is 178 Å². The van der Waals surface area contributed by atoms with Gasteiger partial charge in [0.2, 0.25) is 11.9 Å². The van der Waals surface area contributed by atoms with Crippen molar-refractivity contribution in [1.82, 2.24) is 14.9 Å². The largest absolute Gasteiger partial charge is 0.493 e. The summed E-state index contributed by atoms with van der Waals surface area (Å²) in [4.78, 5) is 25.5. The van der Waals surface area contributed by atoms with E-state index in [1.807, 2.05) is 32.7 Å². The van der Waals surface area contributed by atoms with E-state index < -0.39 is 0 Å². The number of carbonyl (C=O) groups is 1. The molecule has 9 heteroatoms. The summed E-state index contributed by atoms with van der Waals surface area (Å²) in [7, 11) is 3.16. The zero-order chi connectivity index (χ0) is 21.1. The van der Waals surface area contributed by atoms with Gasteiger partial charge in [0.1, 0.15) is 5.82 Å². The second-order valence-corrected chi connectivity index (χ2v) is 7.62. The Balaban J connectivity index is 1.48. The minimum absolute atomic E-state index is 0.0108. The first-order valence-corrected chi connectivity index (χ1v) is 10.5. The Morgan fingerprint density at radius 2 is 1.87 bits per heavy atom. The molecule has 156 valence electrons. The molecule has 0 bridgehead atoms. The summed E-state index contributed by atoms with van der Waals surface area (Å²) in [6.45, 7) is 2.46. The molecule has 3 heterocycles. The zero-order valence-corrected chi connectivity index (χ0v) is 17.7. The van der Waals surface area contributed by atoms with Crippen molar-refractivity contribution in [3.63, 3.8) is 0 Å². The van der Waals surface area contributed by atoms with Gasteiger partial charge in [0.15, 0.2) is 11.5 Å². The van der Waals surface area contributed by atoms with Crippen LogP contribution in [0.15, 0.2) is 35.0 Å². The van der Waals surface area contributed by atoms with Crippen molar-refractivity contribution in [2.24, 2.45) is 0 Å². The number of carbonyl (C=O) groups excluding carboxylic acids is 1. The molecule has 0 radical (unpaired) electrons. The minimum Gasteiger partial charge on any atom is -0.493 e. The molecule has 0 unspecified atom stereocenters. The molecule has 2 N–H and O–H groups in total. The van der Waals surface area contributed by atoms with Gasteiger partial charge in [-0.05, 0) is 34.5 Å². The quantitative estimate of drug-likeness (QED) is 0.628. The molecular weight excluding hydrogens is 402 g/mol. The molecule has 1 fully saturated rings. The van der Waals surface area contributed by atoms with E-state index in [2.05, 4.69) is 9.97 Å². The van der Waals surface area contributed by atoms with E-state index >= 15 is 0 Å². The summed E-state index contributed by atoms with van der Waals surface area (Å²) < 4.78 is 10.7. The summed E-state index contributed by atoms with van der Waals surface area (Å²) in [6.07, 6.45) is 3.47. The summed E-state index contributed by atoms with van der Waals surface area (Å²) in [6, 6.07) is 5.56.